The zero-order chi connectivity index (χ0) is 18.1. The predicted molar refractivity (Wildman–Crippen MR) is 93.6 cm³/mol. The summed E-state index contributed by atoms with van der Waals surface area (Å²) in [5.74, 6) is -0.828. The van der Waals surface area contributed by atoms with Crippen LogP contribution in [0.5, 0.6) is 0 Å². The lowest BCUT2D eigenvalue weighted by molar-refractivity contribution is -0.136. The van der Waals surface area contributed by atoms with Crippen molar-refractivity contribution in [1.82, 2.24) is 15.5 Å². The van der Waals surface area contributed by atoms with Crippen molar-refractivity contribution in [3.63, 3.8) is 0 Å². The predicted octanol–water partition coefficient (Wildman–Crippen LogP) is -0.152. The fraction of sp³-hybridized carbons (Fsp3) is 0.500. The number of piperidine rings is 1. The van der Waals surface area contributed by atoms with Crippen LogP contribution in [0.4, 0.5) is 5.69 Å². The number of rotatable bonds is 4. The molecule has 2 saturated heterocycles. The maximum absolute atomic E-state index is 12.8. The van der Waals surface area contributed by atoms with E-state index in [9.17, 15) is 14.4 Å². The molecule has 138 valence electrons. The number of fused-ring (bicyclic) bond motifs is 1. The van der Waals surface area contributed by atoms with Gasteiger partial charge in [0.2, 0.25) is 11.8 Å². The summed E-state index contributed by atoms with van der Waals surface area (Å²) in [5.41, 5.74) is 2.40. The zero-order valence-corrected chi connectivity index (χ0v) is 14.4. The van der Waals surface area contributed by atoms with Gasteiger partial charge < -0.3 is 20.3 Å². The van der Waals surface area contributed by atoms with Gasteiger partial charge in [-0.2, -0.15) is 0 Å². The first-order chi connectivity index (χ1) is 12.6. The van der Waals surface area contributed by atoms with E-state index in [1.165, 1.54) is 0 Å². The molecule has 0 aromatic heterocycles. The molecule has 3 amide bonds. The summed E-state index contributed by atoms with van der Waals surface area (Å²) in [6.45, 7) is 3.38. The van der Waals surface area contributed by atoms with Crippen LogP contribution in [0.15, 0.2) is 18.2 Å². The van der Waals surface area contributed by atoms with Gasteiger partial charge >= 0.3 is 0 Å². The van der Waals surface area contributed by atoms with E-state index in [4.69, 9.17) is 4.74 Å². The van der Waals surface area contributed by atoms with Crippen molar-refractivity contribution in [2.75, 3.05) is 31.6 Å². The average molecular weight is 358 g/mol. The molecule has 26 heavy (non-hydrogen) atoms. The molecule has 4 rings (SSSR count). The second-order valence-electron chi connectivity index (χ2n) is 6.81. The molecule has 2 fully saturated rings. The Morgan fingerprint density at radius 3 is 2.92 bits per heavy atom. The van der Waals surface area contributed by atoms with E-state index in [0.717, 1.165) is 24.3 Å². The number of carbonyl (C=O) groups excluding carboxylic acids is 3. The van der Waals surface area contributed by atoms with Crippen molar-refractivity contribution < 1.29 is 19.1 Å². The molecular weight excluding hydrogens is 336 g/mol. The van der Waals surface area contributed by atoms with Crippen molar-refractivity contribution in [2.45, 2.75) is 31.5 Å². The molecule has 2 unspecified atom stereocenters. The van der Waals surface area contributed by atoms with E-state index in [1.807, 2.05) is 12.1 Å². The molecule has 3 aliphatic rings. The van der Waals surface area contributed by atoms with Crippen molar-refractivity contribution in [3.05, 3.63) is 29.3 Å². The van der Waals surface area contributed by atoms with E-state index in [0.29, 0.717) is 31.7 Å². The Bertz CT molecular complexity index is 745. The van der Waals surface area contributed by atoms with Crippen LogP contribution < -0.4 is 16.0 Å². The molecule has 0 radical (unpaired) electrons. The Kier molecular flexibility index (Phi) is 4.60. The highest BCUT2D eigenvalue weighted by molar-refractivity contribution is 6.06. The topological polar surface area (TPSA) is 99.8 Å². The second kappa shape index (κ2) is 7.05. The van der Waals surface area contributed by atoms with Gasteiger partial charge in [-0.1, -0.05) is 6.07 Å². The summed E-state index contributed by atoms with van der Waals surface area (Å²) in [5, 5.41) is 8.99. The van der Waals surface area contributed by atoms with Gasteiger partial charge in [0.1, 0.15) is 6.04 Å². The molecular formula is C18H22N4O4. The monoisotopic (exact) mass is 358 g/mol. The Morgan fingerprint density at radius 2 is 2.15 bits per heavy atom. The van der Waals surface area contributed by atoms with E-state index in [-0.39, 0.29) is 24.3 Å². The SMILES string of the molecule is O=C1CCC(N2Cc3c(NCC4CNCCO4)cccc3C2=O)C(=O)N1. The molecule has 0 bridgehead atoms. The first-order valence-electron chi connectivity index (χ1n) is 8.96. The molecule has 8 nitrogen and oxygen atoms in total. The summed E-state index contributed by atoms with van der Waals surface area (Å²) < 4.78 is 5.69. The summed E-state index contributed by atoms with van der Waals surface area (Å²) >= 11 is 0. The smallest absolute Gasteiger partial charge is 0.255 e. The standard InChI is InChI=1S/C18H22N4O4/c23-16-5-4-15(17(24)21-16)22-10-13-12(18(22)25)2-1-3-14(13)20-9-11-8-19-6-7-26-11/h1-3,11,15,19-20H,4-10H2,(H,21,23,24). The Hall–Kier alpha value is -2.45. The number of imide groups is 1. The number of hydrogen-bond donors (Lipinski definition) is 3. The highest BCUT2D eigenvalue weighted by Crippen LogP contribution is 2.32. The average Bonchev–Trinajstić information content (AvgIpc) is 2.98. The highest BCUT2D eigenvalue weighted by atomic mass is 16.5. The minimum absolute atomic E-state index is 0.0861. The maximum Gasteiger partial charge on any atom is 0.255 e. The second-order valence-corrected chi connectivity index (χ2v) is 6.81. The van der Waals surface area contributed by atoms with Crippen molar-refractivity contribution >= 4 is 23.4 Å². The quantitative estimate of drug-likeness (QED) is 0.647. The first kappa shape index (κ1) is 17.0. The minimum Gasteiger partial charge on any atom is -0.382 e. The number of morpholine rings is 1. The van der Waals surface area contributed by atoms with E-state index in [2.05, 4.69) is 16.0 Å². The fourth-order valence-electron chi connectivity index (χ4n) is 3.73. The lowest BCUT2D eigenvalue weighted by Crippen LogP contribution is -2.52. The van der Waals surface area contributed by atoms with Gasteiger partial charge in [-0.15, -0.1) is 0 Å². The van der Waals surface area contributed by atoms with Crippen LogP contribution in [0.3, 0.4) is 0 Å². The molecule has 3 aliphatic heterocycles. The first-order valence-corrected chi connectivity index (χ1v) is 8.96. The van der Waals surface area contributed by atoms with E-state index < -0.39 is 11.9 Å². The van der Waals surface area contributed by atoms with Gasteiger partial charge in [0.05, 0.1) is 12.7 Å². The summed E-state index contributed by atoms with van der Waals surface area (Å²) in [6, 6.07) is 4.97. The third-order valence-corrected chi connectivity index (χ3v) is 5.11. The Balaban J connectivity index is 1.48. The lowest BCUT2D eigenvalue weighted by atomic mass is 10.0. The third-order valence-electron chi connectivity index (χ3n) is 5.11. The van der Waals surface area contributed by atoms with Gasteiger partial charge in [-0.3, -0.25) is 19.7 Å². The van der Waals surface area contributed by atoms with Crippen LogP contribution in [0.1, 0.15) is 28.8 Å². The molecule has 0 aliphatic carbocycles. The minimum atomic E-state index is -0.591. The maximum atomic E-state index is 12.8. The number of ether oxygens (including phenoxy) is 1. The van der Waals surface area contributed by atoms with Gasteiger partial charge in [0, 0.05) is 49.4 Å². The van der Waals surface area contributed by atoms with E-state index >= 15 is 0 Å². The molecule has 0 spiro atoms. The van der Waals surface area contributed by atoms with Crippen LogP contribution in [-0.2, 0) is 20.9 Å². The molecule has 1 aromatic carbocycles. The van der Waals surface area contributed by atoms with Gasteiger partial charge in [-0.05, 0) is 18.6 Å². The highest BCUT2D eigenvalue weighted by Gasteiger charge is 2.39. The Labute approximate surface area is 151 Å². The number of hydrogen-bond acceptors (Lipinski definition) is 6. The summed E-state index contributed by atoms with van der Waals surface area (Å²) in [4.78, 5) is 37.8. The molecule has 1 aromatic rings. The molecule has 3 N–H and O–H groups in total. The fourth-order valence-corrected chi connectivity index (χ4v) is 3.73. The number of nitrogens with zero attached hydrogens (tertiary/aromatic N) is 1. The van der Waals surface area contributed by atoms with Crippen molar-refractivity contribution in [2.24, 2.45) is 0 Å². The number of carbonyl (C=O) groups is 3. The largest absolute Gasteiger partial charge is 0.382 e. The third kappa shape index (κ3) is 3.17. The number of benzene rings is 1. The zero-order valence-electron chi connectivity index (χ0n) is 14.4. The number of amides is 3. The van der Waals surface area contributed by atoms with E-state index in [1.54, 1.807) is 11.0 Å². The van der Waals surface area contributed by atoms with Crippen LogP contribution in [-0.4, -0.2) is 61.0 Å². The van der Waals surface area contributed by atoms with Crippen molar-refractivity contribution in [3.8, 4) is 0 Å². The molecule has 2 atom stereocenters. The summed E-state index contributed by atoms with van der Waals surface area (Å²) in [6.07, 6.45) is 0.713. The number of nitrogens with one attached hydrogen (secondary N) is 3. The number of anilines is 1. The van der Waals surface area contributed by atoms with Crippen molar-refractivity contribution in [1.29, 1.82) is 0 Å². The molecule has 0 saturated carbocycles. The van der Waals surface area contributed by atoms with Crippen LogP contribution in [0.25, 0.3) is 0 Å². The summed E-state index contributed by atoms with van der Waals surface area (Å²) in [7, 11) is 0. The van der Waals surface area contributed by atoms with Gasteiger partial charge in [0.25, 0.3) is 5.91 Å². The normalized spacial score (nSPS) is 25.8. The van der Waals surface area contributed by atoms with Crippen LogP contribution >= 0.6 is 0 Å². The molecule has 8 heteroatoms. The Morgan fingerprint density at radius 1 is 1.27 bits per heavy atom. The lowest BCUT2D eigenvalue weighted by Gasteiger charge is -2.29. The van der Waals surface area contributed by atoms with Gasteiger partial charge in [-0.25, -0.2) is 0 Å². The molecule has 3 heterocycles. The van der Waals surface area contributed by atoms with Crippen LogP contribution in [0, 0.1) is 0 Å². The van der Waals surface area contributed by atoms with Crippen LogP contribution in [0.2, 0.25) is 0 Å². The van der Waals surface area contributed by atoms with Gasteiger partial charge in [0.15, 0.2) is 0 Å².